The van der Waals surface area contributed by atoms with E-state index < -0.39 is 11.7 Å². The van der Waals surface area contributed by atoms with Crippen LogP contribution in [0.1, 0.15) is 13.8 Å². The molecule has 0 saturated carbocycles. The number of halogens is 3. The van der Waals surface area contributed by atoms with Crippen molar-refractivity contribution < 1.29 is 13.2 Å². The second kappa shape index (κ2) is 3.55. The summed E-state index contributed by atoms with van der Waals surface area (Å²) in [5, 5.41) is 0. The molecule has 64 valence electrons. The first-order valence-electron chi connectivity index (χ1n) is 3.06. The van der Waals surface area contributed by atoms with Gasteiger partial charge in [0.05, 0.1) is 0 Å². The van der Waals surface area contributed by atoms with Crippen molar-refractivity contribution in [3.63, 3.8) is 0 Å². The molecule has 0 radical (unpaired) electrons. The second-order valence-corrected chi connectivity index (χ2v) is 2.19. The van der Waals surface area contributed by atoms with Crippen molar-refractivity contribution >= 4 is 6.21 Å². The van der Waals surface area contributed by atoms with E-state index in [-0.39, 0.29) is 5.57 Å². The molecular formula is C7H10F3N. The van der Waals surface area contributed by atoms with Crippen LogP contribution < -0.4 is 0 Å². The first kappa shape index (κ1) is 10.2. The van der Waals surface area contributed by atoms with Crippen molar-refractivity contribution in [3.05, 3.63) is 11.1 Å². The number of aliphatic imine (C=N–C) groups is 1. The maximum atomic E-state index is 11.9. The van der Waals surface area contributed by atoms with Gasteiger partial charge in [-0.1, -0.05) is 0 Å². The molecule has 11 heavy (non-hydrogen) atoms. The summed E-state index contributed by atoms with van der Waals surface area (Å²) in [7, 11) is 1.44. The van der Waals surface area contributed by atoms with Crippen LogP contribution in [-0.4, -0.2) is 19.4 Å². The molecule has 0 atom stereocenters. The van der Waals surface area contributed by atoms with Crippen molar-refractivity contribution in [1.29, 1.82) is 0 Å². The monoisotopic (exact) mass is 165 g/mol. The molecule has 0 heterocycles. The van der Waals surface area contributed by atoms with Crippen molar-refractivity contribution in [1.82, 2.24) is 0 Å². The van der Waals surface area contributed by atoms with Crippen LogP contribution in [0.25, 0.3) is 0 Å². The highest BCUT2D eigenvalue weighted by Crippen LogP contribution is 2.26. The quantitative estimate of drug-likeness (QED) is 0.529. The summed E-state index contributed by atoms with van der Waals surface area (Å²) in [5.74, 6) is 0. The number of allylic oxidation sites excluding steroid dienone is 2. The fourth-order valence-electron chi connectivity index (χ4n) is 0.514. The Morgan fingerprint density at radius 3 is 2.00 bits per heavy atom. The average molecular weight is 165 g/mol. The van der Waals surface area contributed by atoms with Crippen LogP contribution in [0.4, 0.5) is 13.2 Å². The highest BCUT2D eigenvalue weighted by Gasteiger charge is 2.31. The molecular weight excluding hydrogens is 155 g/mol. The van der Waals surface area contributed by atoms with Gasteiger partial charge < -0.3 is 0 Å². The van der Waals surface area contributed by atoms with Crippen LogP contribution in [0.5, 0.6) is 0 Å². The van der Waals surface area contributed by atoms with E-state index >= 15 is 0 Å². The lowest BCUT2D eigenvalue weighted by atomic mass is 10.1. The van der Waals surface area contributed by atoms with Crippen molar-refractivity contribution in [2.75, 3.05) is 7.05 Å². The minimum absolute atomic E-state index is 0.153. The smallest absolute Gasteiger partial charge is 0.296 e. The predicted octanol–water partition coefficient (Wildman–Crippen LogP) is 2.59. The third-order valence-corrected chi connectivity index (χ3v) is 1.34. The highest BCUT2D eigenvalue weighted by atomic mass is 19.4. The molecule has 0 aromatic carbocycles. The molecule has 0 fully saturated rings. The van der Waals surface area contributed by atoms with Crippen LogP contribution in [-0.2, 0) is 0 Å². The average Bonchev–Trinajstić information content (AvgIpc) is 1.85. The third-order valence-electron chi connectivity index (χ3n) is 1.34. The zero-order chi connectivity index (χ0) is 9.07. The van der Waals surface area contributed by atoms with Gasteiger partial charge in [-0.15, -0.1) is 0 Å². The van der Waals surface area contributed by atoms with E-state index in [2.05, 4.69) is 4.99 Å². The Morgan fingerprint density at radius 1 is 1.27 bits per heavy atom. The molecule has 1 nitrogen and oxygen atoms in total. The van der Waals surface area contributed by atoms with Crippen molar-refractivity contribution in [2.24, 2.45) is 4.99 Å². The third kappa shape index (κ3) is 3.20. The highest BCUT2D eigenvalue weighted by molar-refractivity contribution is 5.78. The number of hydrogen-bond donors (Lipinski definition) is 0. The molecule has 4 heteroatoms. The molecule has 0 saturated heterocycles. The van der Waals surface area contributed by atoms with E-state index in [9.17, 15) is 13.2 Å². The number of rotatable bonds is 1. The van der Waals surface area contributed by atoms with Gasteiger partial charge in [0.15, 0.2) is 0 Å². The molecule has 0 N–H and O–H groups in total. The predicted molar refractivity (Wildman–Crippen MR) is 38.8 cm³/mol. The van der Waals surface area contributed by atoms with Crippen LogP contribution in [0, 0.1) is 0 Å². The minimum Gasteiger partial charge on any atom is -0.296 e. The van der Waals surface area contributed by atoms with Gasteiger partial charge in [0.1, 0.15) is 0 Å². The SMILES string of the molecule is CN=C/C(C)=C(\C)C(F)(F)F. The van der Waals surface area contributed by atoms with Crippen LogP contribution in [0.15, 0.2) is 16.1 Å². The lowest BCUT2D eigenvalue weighted by Gasteiger charge is -2.07. The summed E-state index contributed by atoms with van der Waals surface area (Å²) in [4.78, 5) is 3.49. The lowest BCUT2D eigenvalue weighted by Crippen LogP contribution is -2.11. The Kier molecular flexibility index (Phi) is 3.29. The first-order chi connectivity index (χ1) is 4.89. The van der Waals surface area contributed by atoms with Gasteiger partial charge in [0.2, 0.25) is 0 Å². The topological polar surface area (TPSA) is 12.4 Å². The van der Waals surface area contributed by atoms with E-state index in [1.54, 1.807) is 0 Å². The molecule has 0 aliphatic rings. The summed E-state index contributed by atoms with van der Waals surface area (Å²) in [5.41, 5.74) is -0.442. The minimum atomic E-state index is -4.23. The zero-order valence-corrected chi connectivity index (χ0v) is 6.66. The molecule has 0 aromatic heterocycles. The second-order valence-electron chi connectivity index (χ2n) is 2.19. The summed E-state index contributed by atoms with van der Waals surface area (Å²) >= 11 is 0. The summed E-state index contributed by atoms with van der Waals surface area (Å²) in [6.07, 6.45) is -3.03. The van der Waals surface area contributed by atoms with Gasteiger partial charge in [-0.05, 0) is 19.4 Å². The summed E-state index contributed by atoms with van der Waals surface area (Å²) in [6, 6.07) is 0. The molecule has 0 aromatic rings. The number of alkyl halides is 3. The molecule has 0 aliphatic carbocycles. The largest absolute Gasteiger partial charge is 0.412 e. The molecule has 0 bridgehead atoms. The molecule has 0 amide bonds. The first-order valence-corrected chi connectivity index (χ1v) is 3.06. The summed E-state index contributed by atoms with van der Waals surface area (Å²) in [6.45, 7) is 2.42. The normalized spacial score (nSPS) is 15.5. The van der Waals surface area contributed by atoms with Crippen LogP contribution in [0.2, 0.25) is 0 Å². The van der Waals surface area contributed by atoms with Gasteiger partial charge in [0.25, 0.3) is 0 Å². The van der Waals surface area contributed by atoms with E-state index in [1.165, 1.54) is 20.2 Å². The standard InChI is InChI=1S/C7H10F3N/c1-5(4-11-3)6(2)7(8,9)10/h4H,1-3H3/b6-5+,11-4?. The Labute approximate surface area is 63.6 Å². The Morgan fingerprint density at radius 2 is 1.73 bits per heavy atom. The lowest BCUT2D eigenvalue weighted by molar-refractivity contribution is -0.0917. The maximum Gasteiger partial charge on any atom is 0.412 e. The fraction of sp³-hybridized carbons (Fsp3) is 0.571. The maximum absolute atomic E-state index is 11.9. The van der Waals surface area contributed by atoms with Crippen LogP contribution in [0.3, 0.4) is 0 Å². The van der Waals surface area contributed by atoms with Crippen LogP contribution >= 0.6 is 0 Å². The fourth-order valence-corrected chi connectivity index (χ4v) is 0.514. The van der Waals surface area contributed by atoms with E-state index in [1.807, 2.05) is 0 Å². The van der Waals surface area contributed by atoms with E-state index in [0.29, 0.717) is 0 Å². The number of hydrogen-bond acceptors (Lipinski definition) is 1. The van der Waals surface area contributed by atoms with Gasteiger partial charge in [-0.25, -0.2) is 0 Å². The molecule has 0 unspecified atom stereocenters. The molecule has 0 spiro atoms. The van der Waals surface area contributed by atoms with Crippen molar-refractivity contribution in [3.8, 4) is 0 Å². The Bertz CT molecular complexity index is 188. The van der Waals surface area contributed by atoms with Gasteiger partial charge in [-0.3, -0.25) is 4.99 Å². The Hall–Kier alpha value is -0.800. The Balaban J connectivity index is 4.67. The molecule has 0 aliphatic heterocycles. The summed E-state index contributed by atoms with van der Waals surface area (Å²) < 4.78 is 35.7. The van der Waals surface area contributed by atoms with Gasteiger partial charge >= 0.3 is 6.18 Å². The zero-order valence-electron chi connectivity index (χ0n) is 6.66. The van der Waals surface area contributed by atoms with E-state index in [4.69, 9.17) is 0 Å². The van der Waals surface area contributed by atoms with Gasteiger partial charge in [-0.2, -0.15) is 13.2 Å². The van der Waals surface area contributed by atoms with Gasteiger partial charge in [0, 0.05) is 18.8 Å². The van der Waals surface area contributed by atoms with E-state index in [0.717, 1.165) is 6.92 Å². The van der Waals surface area contributed by atoms with Crippen molar-refractivity contribution in [2.45, 2.75) is 20.0 Å². The number of nitrogens with zero attached hydrogens (tertiary/aromatic N) is 1. The molecule has 0 rings (SSSR count).